The molecule has 1 N–H and O–H groups in total. The van der Waals surface area contributed by atoms with Crippen LogP contribution in [0.3, 0.4) is 0 Å². The Hall–Kier alpha value is -1.87. The average Bonchev–Trinajstić information content (AvgIpc) is 2.40. The Morgan fingerprint density at radius 3 is 2.24 bits per heavy atom. The maximum absolute atomic E-state index is 5.60. The van der Waals surface area contributed by atoms with Crippen LogP contribution in [0.25, 0.3) is 0 Å². The van der Waals surface area contributed by atoms with Gasteiger partial charge in [0.2, 0.25) is 0 Å². The monoisotopic (exact) mass is 298 g/mol. The zero-order valence-corrected chi connectivity index (χ0v) is 13.9. The van der Waals surface area contributed by atoms with Gasteiger partial charge in [0.05, 0.1) is 0 Å². The van der Waals surface area contributed by atoms with E-state index in [-0.39, 0.29) is 0 Å². The van der Waals surface area contributed by atoms with Crippen molar-refractivity contribution in [2.45, 2.75) is 27.7 Å². The van der Waals surface area contributed by atoms with E-state index in [0.29, 0.717) is 0 Å². The van der Waals surface area contributed by atoms with Crippen molar-refractivity contribution in [3.8, 4) is 0 Å². The maximum atomic E-state index is 5.60. The van der Waals surface area contributed by atoms with Gasteiger partial charge in [0.25, 0.3) is 0 Å². The lowest BCUT2D eigenvalue weighted by Crippen LogP contribution is -2.35. The molecule has 0 saturated carbocycles. The SMILES string of the molecule is CCN(C(=S)Nc1cc(C)cc(C)c1)c1ccccc1C. The number of thiocarbonyl (C=S) groups is 1. The van der Waals surface area contributed by atoms with E-state index in [4.69, 9.17) is 12.2 Å². The molecule has 0 bridgehead atoms. The summed E-state index contributed by atoms with van der Waals surface area (Å²) >= 11 is 5.60. The number of anilines is 2. The summed E-state index contributed by atoms with van der Waals surface area (Å²) < 4.78 is 0. The van der Waals surface area contributed by atoms with Crippen LogP contribution in [-0.2, 0) is 0 Å². The summed E-state index contributed by atoms with van der Waals surface area (Å²) in [5, 5.41) is 4.09. The van der Waals surface area contributed by atoms with E-state index in [1.54, 1.807) is 0 Å². The van der Waals surface area contributed by atoms with Crippen molar-refractivity contribution in [1.29, 1.82) is 0 Å². The van der Waals surface area contributed by atoms with Gasteiger partial charge in [-0.25, -0.2) is 0 Å². The lowest BCUT2D eigenvalue weighted by atomic mass is 10.1. The van der Waals surface area contributed by atoms with Gasteiger partial charge >= 0.3 is 0 Å². The molecule has 2 rings (SSSR count). The van der Waals surface area contributed by atoms with Crippen LogP contribution in [0.4, 0.5) is 11.4 Å². The van der Waals surface area contributed by atoms with Crippen molar-refractivity contribution < 1.29 is 0 Å². The first-order valence-electron chi connectivity index (χ1n) is 7.23. The fraction of sp³-hybridized carbons (Fsp3) is 0.278. The van der Waals surface area contributed by atoms with Crippen molar-refractivity contribution in [3.05, 3.63) is 59.2 Å². The van der Waals surface area contributed by atoms with Crippen LogP contribution in [0.5, 0.6) is 0 Å². The second-order valence-corrected chi connectivity index (χ2v) is 5.72. The first-order valence-corrected chi connectivity index (χ1v) is 7.64. The molecule has 0 aliphatic rings. The van der Waals surface area contributed by atoms with Gasteiger partial charge in [0.1, 0.15) is 0 Å². The Labute approximate surface area is 132 Å². The maximum Gasteiger partial charge on any atom is 0.177 e. The van der Waals surface area contributed by atoms with E-state index in [9.17, 15) is 0 Å². The smallest absolute Gasteiger partial charge is 0.177 e. The molecule has 110 valence electrons. The van der Waals surface area contributed by atoms with Gasteiger partial charge in [-0.3, -0.25) is 0 Å². The average molecular weight is 298 g/mol. The Balaban J connectivity index is 2.23. The molecule has 0 heterocycles. The van der Waals surface area contributed by atoms with E-state index in [2.05, 4.69) is 68.2 Å². The first kappa shape index (κ1) is 15.5. The van der Waals surface area contributed by atoms with Crippen molar-refractivity contribution in [3.63, 3.8) is 0 Å². The van der Waals surface area contributed by atoms with Crippen LogP contribution in [0.2, 0.25) is 0 Å². The first-order chi connectivity index (χ1) is 10.0. The topological polar surface area (TPSA) is 15.3 Å². The lowest BCUT2D eigenvalue weighted by molar-refractivity contribution is 1.06. The minimum Gasteiger partial charge on any atom is -0.332 e. The van der Waals surface area contributed by atoms with Crippen LogP contribution >= 0.6 is 12.2 Å². The second kappa shape index (κ2) is 6.72. The molecule has 0 unspecified atom stereocenters. The van der Waals surface area contributed by atoms with Gasteiger partial charge in [-0.05, 0) is 74.8 Å². The number of aryl methyl sites for hydroxylation is 3. The summed E-state index contributed by atoms with van der Waals surface area (Å²) in [5.41, 5.74) is 5.90. The molecule has 0 amide bonds. The minimum absolute atomic E-state index is 0.733. The van der Waals surface area contributed by atoms with Crippen LogP contribution in [-0.4, -0.2) is 11.7 Å². The van der Waals surface area contributed by atoms with Gasteiger partial charge < -0.3 is 10.2 Å². The van der Waals surface area contributed by atoms with Gasteiger partial charge in [0.15, 0.2) is 5.11 Å². The minimum atomic E-state index is 0.733. The normalized spacial score (nSPS) is 10.3. The highest BCUT2D eigenvalue weighted by atomic mass is 32.1. The third kappa shape index (κ3) is 3.82. The number of para-hydroxylation sites is 1. The number of benzene rings is 2. The number of hydrogen-bond acceptors (Lipinski definition) is 1. The largest absolute Gasteiger partial charge is 0.332 e. The highest BCUT2D eigenvalue weighted by Gasteiger charge is 2.12. The van der Waals surface area contributed by atoms with E-state index in [0.717, 1.165) is 23.0 Å². The van der Waals surface area contributed by atoms with Crippen molar-refractivity contribution in [2.24, 2.45) is 0 Å². The third-order valence-corrected chi connectivity index (χ3v) is 3.76. The van der Waals surface area contributed by atoms with Gasteiger partial charge in [-0.1, -0.05) is 24.3 Å². The summed E-state index contributed by atoms with van der Waals surface area (Å²) in [5.74, 6) is 0. The summed E-state index contributed by atoms with van der Waals surface area (Å²) in [7, 11) is 0. The molecule has 0 aromatic heterocycles. The quantitative estimate of drug-likeness (QED) is 0.817. The highest BCUT2D eigenvalue weighted by molar-refractivity contribution is 7.80. The molecule has 0 aliphatic heterocycles. The molecule has 2 nitrogen and oxygen atoms in total. The molecular weight excluding hydrogens is 276 g/mol. The van der Waals surface area contributed by atoms with E-state index in [1.165, 1.54) is 16.7 Å². The zero-order chi connectivity index (χ0) is 15.4. The number of nitrogens with zero attached hydrogens (tertiary/aromatic N) is 1. The van der Waals surface area contributed by atoms with Gasteiger partial charge in [0, 0.05) is 17.9 Å². The van der Waals surface area contributed by atoms with Crippen LogP contribution in [0.1, 0.15) is 23.6 Å². The van der Waals surface area contributed by atoms with E-state index < -0.39 is 0 Å². The predicted molar refractivity (Wildman–Crippen MR) is 96.3 cm³/mol. The van der Waals surface area contributed by atoms with Gasteiger partial charge in [-0.2, -0.15) is 0 Å². The molecule has 0 radical (unpaired) electrons. The van der Waals surface area contributed by atoms with Crippen molar-refractivity contribution >= 4 is 28.7 Å². The standard InChI is InChI=1S/C18H22N2S/c1-5-20(17-9-7-6-8-15(17)4)18(21)19-16-11-13(2)10-14(3)12-16/h6-12H,5H2,1-4H3,(H,19,21). The van der Waals surface area contributed by atoms with Crippen LogP contribution < -0.4 is 10.2 Å². The highest BCUT2D eigenvalue weighted by Crippen LogP contribution is 2.21. The number of hydrogen-bond donors (Lipinski definition) is 1. The molecule has 0 spiro atoms. The molecule has 0 saturated heterocycles. The Kier molecular flexibility index (Phi) is 4.97. The molecule has 0 atom stereocenters. The summed E-state index contributed by atoms with van der Waals surface area (Å²) in [6.45, 7) is 9.25. The predicted octanol–water partition coefficient (Wildman–Crippen LogP) is 4.84. The summed E-state index contributed by atoms with van der Waals surface area (Å²) in [6.07, 6.45) is 0. The molecule has 2 aromatic carbocycles. The zero-order valence-electron chi connectivity index (χ0n) is 13.1. The second-order valence-electron chi connectivity index (χ2n) is 5.34. The lowest BCUT2D eigenvalue weighted by Gasteiger charge is -2.26. The molecule has 3 heteroatoms. The molecule has 0 fully saturated rings. The van der Waals surface area contributed by atoms with Crippen molar-refractivity contribution in [1.82, 2.24) is 0 Å². The van der Waals surface area contributed by atoms with Crippen molar-refractivity contribution in [2.75, 3.05) is 16.8 Å². The molecule has 0 aliphatic carbocycles. The van der Waals surface area contributed by atoms with Gasteiger partial charge in [-0.15, -0.1) is 0 Å². The van der Waals surface area contributed by atoms with Crippen LogP contribution in [0, 0.1) is 20.8 Å². The Bertz CT molecular complexity index is 629. The third-order valence-electron chi connectivity index (χ3n) is 3.44. The molecular formula is C18H22N2S. The Morgan fingerprint density at radius 1 is 1.05 bits per heavy atom. The van der Waals surface area contributed by atoms with E-state index >= 15 is 0 Å². The number of rotatable bonds is 3. The Morgan fingerprint density at radius 2 is 1.67 bits per heavy atom. The fourth-order valence-corrected chi connectivity index (χ4v) is 2.87. The summed E-state index contributed by atoms with van der Waals surface area (Å²) in [4.78, 5) is 2.13. The summed E-state index contributed by atoms with van der Waals surface area (Å²) in [6, 6.07) is 14.7. The fourth-order valence-electron chi connectivity index (χ4n) is 2.53. The number of nitrogens with one attached hydrogen (secondary N) is 1. The van der Waals surface area contributed by atoms with E-state index in [1.807, 2.05) is 12.1 Å². The molecule has 2 aromatic rings. The van der Waals surface area contributed by atoms with Crippen LogP contribution in [0.15, 0.2) is 42.5 Å². The molecule has 21 heavy (non-hydrogen) atoms.